The minimum absolute atomic E-state index is 0.236. The first-order valence-corrected chi connectivity index (χ1v) is 6.18. The molecule has 2 N–H and O–H groups in total. The fourth-order valence-electron chi connectivity index (χ4n) is 2.13. The Hall–Kier alpha value is -1.02. The van der Waals surface area contributed by atoms with Crippen LogP contribution in [0.15, 0.2) is 18.2 Å². The van der Waals surface area contributed by atoms with Gasteiger partial charge in [0.25, 0.3) is 0 Å². The van der Waals surface area contributed by atoms with Gasteiger partial charge in [0.15, 0.2) is 0 Å². The molecule has 0 radical (unpaired) electrons. The van der Waals surface area contributed by atoms with Gasteiger partial charge in [0, 0.05) is 6.04 Å². The van der Waals surface area contributed by atoms with Crippen LogP contribution in [0.25, 0.3) is 0 Å². The molecule has 1 aromatic carbocycles. The Balaban J connectivity index is 1.97. The number of hydrogen-bond donors (Lipinski definition) is 1. The van der Waals surface area contributed by atoms with Crippen LogP contribution in [0.3, 0.4) is 0 Å². The van der Waals surface area contributed by atoms with Crippen molar-refractivity contribution in [2.24, 2.45) is 11.7 Å². The summed E-state index contributed by atoms with van der Waals surface area (Å²) in [5.41, 5.74) is 8.67. The van der Waals surface area contributed by atoms with Crippen LogP contribution in [-0.2, 0) is 6.42 Å². The SMILES string of the molecule is CC(C)CCOc1ccc2c(c1)CCC2N. The van der Waals surface area contributed by atoms with Crippen molar-refractivity contribution in [3.05, 3.63) is 29.3 Å². The molecule has 2 heteroatoms. The highest BCUT2D eigenvalue weighted by atomic mass is 16.5. The van der Waals surface area contributed by atoms with E-state index in [1.165, 1.54) is 11.1 Å². The van der Waals surface area contributed by atoms with Crippen molar-refractivity contribution in [2.75, 3.05) is 6.61 Å². The van der Waals surface area contributed by atoms with Gasteiger partial charge in [-0.1, -0.05) is 19.9 Å². The molecule has 1 aliphatic rings. The zero-order chi connectivity index (χ0) is 11.5. The van der Waals surface area contributed by atoms with Crippen molar-refractivity contribution in [2.45, 2.75) is 39.2 Å². The minimum Gasteiger partial charge on any atom is -0.494 e. The van der Waals surface area contributed by atoms with E-state index in [1.54, 1.807) is 0 Å². The highest BCUT2D eigenvalue weighted by Crippen LogP contribution is 2.31. The number of hydrogen-bond acceptors (Lipinski definition) is 2. The molecule has 1 aliphatic carbocycles. The van der Waals surface area contributed by atoms with Crippen molar-refractivity contribution >= 4 is 0 Å². The largest absolute Gasteiger partial charge is 0.494 e. The van der Waals surface area contributed by atoms with Gasteiger partial charge in [-0.25, -0.2) is 0 Å². The molecule has 0 saturated heterocycles. The zero-order valence-electron chi connectivity index (χ0n) is 10.2. The Kier molecular flexibility index (Phi) is 3.49. The molecule has 1 atom stereocenters. The normalized spacial score (nSPS) is 18.9. The Labute approximate surface area is 97.8 Å². The van der Waals surface area contributed by atoms with E-state index in [2.05, 4.69) is 26.0 Å². The highest BCUT2D eigenvalue weighted by Gasteiger charge is 2.18. The molecule has 0 bridgehead atoms. The summed E-state index contributed by atoms with van der Waals surface area (Å²) in [6.07, 6.45) is 3.28. The van der Waals surface area contributed by atoms with Crippen LogP contribution >= 0.6 is 0 Å². The highest BCUT2D eigenvalue weighted by molar-refractivity contribution is 5.40. The lowest BCUT2D eigenvalue weighted by Crippen LogP contribution is -2.05. The molecule has 88 valence electrons. The molecule has 2 nitrogen and oxygen atoms in total. The summed E-state index contributed by atoms with van der Waals surface area (Å²) in [6.45, 7) is 5.23. The van der Waals surface area contributed by atoms with Gasteiger partial charge in [-0.3, -0.25) is 0 Å². The summed E-state index contributed by atoms with van der Waals surface area (Å²) in [5, 5.41) is 0. The monoisotopic (exact) mass is 219 g/mol. The minimum atomic E-state index is 0.236. The number of fused-ring (bicyclic) bond motifs is 1. The van der Waals surface area contributed by atoms with Gasteiger partial charge in [-0.2, -0.15) is 0 Å². The van der Waals surface area contributed by atoms with E-state index in [-0.39, 0.29) is 6.04 Å². The average Bonchev–Trinajstić information content (AvgIpc) is 2.60. The van der Waals surface area contributed by atoms with Crippen molar-refractivity contribution in [3.8, 4) is 5.75 Å². The zero-order valence-corrected chi connectivity index (χ0v) is 10.2. The first-order valence-electron chi connectivity index (χ1n) is 6.18. The average molecular weight is 219 g/mol. The smallest absolute Gasteiger partial charge is 0.119 e. The predicted octanol–water partition coefficient (Wildman–Crippen LogP) is 3.06. The van der Waals surface area contributed by atoms with Crippen molar-refractivity contribution in [3.63, 3.8) is 0 Å². The van der Waals surface area contributed by atoms with Gasteiger partial charge in [0.2, 0.25) is 0 Å². The summed E-state index contributed by atoms with van der Waals surface area (Å²) in [6, 6.07) is 6.56. The number of benzene rings is 1. The van der Waals surface area contributed by atoms with Crippen LogP contribution < -0.4 is 10.5 Å². The van der Waals surface area contributed by atoms with Crippen LogP contribution in [0.4, 0.5) is 0 Å². The number of nitrogens with two attached hydrogens (primary N) is 1. The first-order chi connectivity index (χ1) is 7.66. The van der Waals surface area contributed by atoms with Gasteiger partial charge in [-0.15, -0.1) is 0 Å². The van der Waals surface area contributed by atoms with Crippen LogP contribution in [-0.4, -0.2) is 6.61 Å². The fourth-order valence-corrected chi connectivity index (χ4v) is 2.13. The molecule has 0 aliphatic heterocycles. The predicted molar refractivity (Wildman–Crippen MR) is 66.6 cm³/mol. The Bertz CT molecular complexity index is 360. The lowest BCUT2D eigenvalue weighted by molar-refractivity contribution is 0.289. The Morgan fingerprint density at radius 2 is 2.25 bits per heavy atom. The second kappa shape index (κ2) is 4.88. The van der Waals surface area contributed by atoms with E-state index in [4.69, 9.17) is 10.5 Å². The molecular weight excluding hydrogens is 198 g/mol. The first kappa shape index (κ1) is 11.5. The van der Waals surface area contributed by atoms with Crippen molar-refractivity contribution < 1.29 is 4.74 Å². The lowest BCUT2D eigenvalue weighted by atomic mass is 10.1. The molecule has 0 saturated carbocycles. The molecule has 0 fully saturated rings. The summed E-state index contributed by atoms with van der Waals surface area (Å²) in [7, 11) is 0. The molecular formula is C14H21NO. The van der Waals surface area contributed by atoms with Gasteiger partial charge < -0.3 is 10.5 Å². The summed E-state index contributed by atoms with van der Waals surface area (Å²) < 4.78 is 5.74. The standard InChI is InChI=1S/C14H21NO/c1-10(2)7-8-16-12-4-5-13-11(9-12)3-6-14(13)15/h4-5,9-10,14H,3,6-8,15H2,1-2H3. The van der Waals surface area contributed by atoms with Crippen LogP contribution in [0.1, 0.15) is 43.9 Å². The molecule has 0 spiro atoms. The van der Waals surface area contributed by atoms with Crippen molar-refractivity contribution in [1.82, 2.24) is 0 Å². The number of ether oxygens (including phenoxy) is 1. The van der Waals surface area contributed by atoms with E-state index in [0.717, 1.165) is 31.6 Å². The molecule has 2 rings (SSSR count). The maximum atomic E-state index is 6.00. The second-order valence-corrected chi connectivity index (χ2v) is 5.04. The lowest BCUT2D eigenvalue weighted by Gasteiger charge is -2.10. The van der Waals surface area contributed by atoms with E-state index in [1.807, 2.05) is 6.07 Å². The quantitative estimate of drug-likeness (QED) is 0.844. The van der Waals surface area contributed by atoms with Crippen molar-refractivity contribution in [1.29, 1.82) is 0 Å². The van der Waals surface area contributed by atoms with Gasteiger partial charge in [-0.05, 0) is 48.4 Å². The van der Waals surface area contributed by atoms with Crippen LogP contribution in [0.5, 0.6) is 5.75 Å². The Morgan fingerprint density at radius 1 is 1.44 bits per heavy atom. The molecule has 1 unspecified atom stereocenters. The van der Waals surface area contributed by atoms with E-state index >= 15 is 0 Å². The number of aryl methyl sites for hydroxylation is 1. The fraction of sp³-hybridized carbons (Fsp3) is 0.571. The third-order valence-electron chi connectivity index (χ3n) is 3.20. The van der Waals surface area contributed by atoms with Gasteiger partial charge >= 0.3 is 0 Å². The Morgan fingerprint density at radius 3 is 3.00 bits per heavy atom. The molecule has 0 amide bonds. The summed E-state index contributed by atoms with van der Waals surface area (Å²) in [5.74, 6) is 1.69. The third-order valence-corrected chi connectivity index (χ3v) is 3.20. The van der Waals surface area contributed by atoms with Gasteiger partial charge in [0.1, 0.15) is 5.75 Å². The van der Waals surface area contributed by atoms with E-state index < -0.39 is 0 Å². The molecule has 0 aromatic heterocycles. The maximum Gasteiger partial charge on any atom is 0.119 e. The van der Waals surface area contributed by atoms with E-state index in [9.17, 15) is 0 Å². The number of rotatable bonds is 4. The van der Waals surface area contributed by atoms with Gasteiger partial charge in [0.05, 0.1) is 6.61 Å². The topological polar surface area (TPSA) is 35.2 Å². The third kappa shape index (κ3) is 2.56. The second-order valence-electron chi connectivity index (χ2n) is 5.04. The molecule has 16 heavy (non-hydrogen) atoms. The van der Waals surface area contributed by atoms with E-state index in [0.29, 0.717) is 5.92 Å². The molecule has 1 aromatic rings. The summed E-state index contributed by atoms with van der Waals surface area (Å²) >= 11 is 0. The maximum absolute atomic E-state index is 6.00. The van der Waals surface area contributed by atoms with Crippen LogP contribution in [0.2, 0.25) is 0 Å². The summed E-state index contributed by atoms with van der Waals surface area (Å²) in [4.78, 5) is 0. The van der Waals surface area contributed by atoms with Crippen LogP contribution in [0, 0.1) is 5.92 Å². The molecule has 0 heterocycles.